The summed E-state index contributed by atoms with van der Waals surface area (Å²) in [6.45, 7) is 2.13. The van der Waals surface area contributed by atoms with Gasteiger partial charge in [0.15, 0.2) is 11.5 Å². The molecule has 0 bridgehead atoms. The molecule has 1 saturated carbocycles. The first-order valence-electron chi connectivity index (χ1n) is 7.84. The van der Waals surface area contributed by atoms with Crippen molar-refractivity contribution in [2.45, 2.75) is 38.6 Å². The van der Waals surface area contributed by atoms with Crippen LogP contribution in [-0.2, 0) is 4.79 Å². The zero-order valence-electron chi connectivity index (χ0n) is 13.5. The Bertz CT molecular complexity index is 646. The number of hydrogen-bond acceptors (Lipinski definition) is 4. The quantitative estimate of drug-likeness (QED) is 0.661. The van der Waals surface area contributed by atoms with E-state index in [0.29, 0.717) is 17.2 Å². The van der Waals surface area contributed by atoms with E-state index in [0.717, 1.165) is 19.3 Å². The van der Waals surface area contributed by atoms with E-state index < -0.39 is 0 Å². The number of carbonyl (C=O) groups is 1. The number of benzene rings is 1. The van der Waals surface area contributed by atoms with Gasteiger partial charge in [-0.05, 0) is 42.5 Å². The molecule has 2 atom stereocenters. The Hall–Kier alpha value is -2.48. The Balaban J connectivity index is 2.13. The van der Waals surface area contributed by atoms with Crippen molar-refractivity contribution in [3.8, 4) is 17.6 Å². The maximum absolute atomic E-state index is 12.3. The minimum Gasteiger partial charge on any atom is -0.504 e. The largest absolute Gasteiger partial charge is 0.504 e. The van der Waals surface area contributed by atoms with Crippen molar-refractivity contribution in [2.24, 2.45) is 5.92 Å². The smallest absolute Gasteiger partial charge is 0.262 e. The van der Waals surface area contributed by atoms with Gasteiger partial charge in [0.1, 0.15) is 11.6 Å². The van der Waals surface area contributed by atoms with Gasteiger partial charge >= 0.3 is 0 Å². The van der Waals surface area contributed by atoms with Crippen molar-refractivity contribution >= 4 is 12.0 Å². The fourth-order valence-electron chi connectivity index (χ4n) is 2.89. The highest BCUT2D eigenvalue weighted by atomic mass is 16.5. The average molecular weight is 314 g/mol. The SMILES string of the molecule is COc1ccc(/C=C(\C#N)C(=O)N[C@@H]2CCCC[C@H]2C)cc1O. The van der Waals surface area contributed by atoms with Gasteiger partial charge in [0.05, 0.1) is 7.11 Å². The molecule has 1 aliphatic carbocycles. The molecule has 5 nitrogen and oxygen atoms in total. The van der Waals surface area contributed by atoms with E-state index in [-0.39, 0.29) is 23.3 Å². The van der Waals surface area contributed by atoms with Crippen LogP contribution in [0.25, 0.3) is 6.08 Å². The lowest BCUT2D eigenvalue weighted by molar-refractivity contribution is -0.118. The summed E-state index contributed by atoms with van der Waals surface area (Å²) >= 11 is 0. The molecule has 0 unspecified atom stereocenters. The molecule has 1 amide bonds. The molecular weight excluding hydrogens is 292 g/mol. The number of nitrogens with one attached hydrogen (secondary N) is 1. The van der Waals surface area contributed by atoms with Crippen molar-refractivity contribution in [1.82, 2.24) is 5.32 Å². The van der Waals surface area contributed by atoms with E-state index in [1.54, 1.807) is 12.1 Å². The lowest BCUT2D eigenvalue weighted by Gasteiger charge is -2.29. The second-order valence-electron chi connectivity index (χ2n) is 5.94. The van der Waals surface area contributed by atoms with E-state index in [1.165, 1.54) is 25.7 Å². The molecule has 0 spiro atoms. The molecule has 2 N–H and O–H groups in total. The van der Waals surface area contributed by atoms with E-state index in [1.807, 2.05) is 6.07 Å². The van der Waals surface area contributed by atoms with Gasteiger partial charge in [0, 0.05) is 6.04 Å². The van der Waals surface area contributed by atoms with Crippen LogP contribution < -0.4 is 10.1 Å². The monoisotopic (exact) mass is 314 g/mol. The molecule has 0 heterocycles. The summed E-state index contributed by atoms with van der Waals surface area (Å²) in [5.74, 6) is 0.389. The predicted octanol–water partition coefficient (Wildman–Crippen LogP) is 3.00. The molecule has 2 rings (SSSR count). The Labute approximate surface area is 136 Å². The van der Waals surface area contributed by atoms with Gasteiger partial charge < -0.3 is 15.2 Å². The minimum absolute atomic E-state index is 0.0279. The van der Waals surface area contributed by atoms with Crippen LogP contribution in [0.1, 0.15) is 38.2 Å². The molecule has 122 valence electrons. The fourth-order valence-corrected chi connectivity index (χ4v) is 2.89. The number of carbonyl (C=O) groups excluding carboxylic acids is 1. The number of phenols is 1. The first kappa shape index (κ1) is 16.9. The standard InChI is InChI=1S/C18H22N2O3/c1-12-5-3-4-6-15(12)20-18(22)14(11-19)9-13-7-8-17(23-2)16(21)10-13/h7-10,12,15,21H,3-6H2,1-2H3,(H,20,22)/b14-9+/t12-,15-/m1/s1. The molecule has 0 radical (unpaired) electrons. The third-order valence-electron chi connectivity index (χ3n) is 4.31. The second kappa shape index (κ2) is 7.68. The molecule has 0 saturated heterocycles. The minimum atomic E-state index is -0.360. The third kappa shape index (κ3) is 4.26. The number of nitrogens with zero attached hydrogens (tertiary/aromatic N) is 1. The number of phenolic OH excluding ortho intramolecular Hbond substituents is 1. The van der Waals surface area contributed by atoms with Crippen LogP contribution in [0.2, 0.25) is 0 Å². The summed E-state index contributed by atoms with van der Waals surface area (Å²) in [5.41, 5.74) is 0.610. The molecule has 23 heavy (non-hydrogen) atoms. The van der Waals surface area contributed by atoms with Gasteiger partial charge in [-0.15, -0.1) is 0 Å². The van der Waals surface area contributed by atoms with Crippen molar-refractivity contribution in [3.05, 3.63) is 29.3 Å². The van der Waals surface area contributed by atoms with Crippen molar-refractivity contribution in [3.63, 3.8) is 0 Å². The summed E-state index contributed by atoms with van der Waals surface area (Å²) in [4.78, 5) is 12.3. The topological polar surface area (TPSA) is 82.3 Å². The molecule has 0 aromatic heterocycles. The van der Waals surface area contributed by atoms with Crippen molar-refractivity contribution < 1.29 is 14.6 Å². The predicted molar refractivity (Wildman–Crippen MR) is 87.8 cm³/mol. The highest BCUT2D eigenvalue weighted by Crippen LogP contribution is 2.27. The highest BCUT2D eigenvalue weighted by molar-refractivity contribution is 6.01. The number of aromatic hydroxyl groups is 1. The Morgan fingerprint density at radius 2 is 2.17 bits per heavy atom. The van der Waals surface area contributed by atoms with Crippen LogP contribution >= 0.6 is 0 Å². The van der Waals surface area contributed by atoms with E-state index in [9.17, 15) is 15.2 Å². The lowest BCUT2D eigenvalue weighted by Crippen LogP contribution is -2.41. The number of nitriles is 1. The van der Waals surface area contributed by atoms with Crippen LogP contribution in [0, 0.1) is 17.2 Å². The van der Waals surface area contributed by atoms with Crippen LogP contribution in [0.5, 0.6) is 11.5 Å². The van der Waals surface area contributed by atoms with Crippen molar-refractivity contribution in [2.75, 3.05) is 7.11 Å². The zero-order valence-corrected chi connectivity index (χ0v) is 13.5. The van der Waals surface area contributed by atoms with Gasteiger partial charge in [0.25, 0.3) is 5.91 Å². The number of ether oxygens (including phenoxy) is 1. The normalized spacial score (nSPS) is 21.3. The molecule has 1 aromatic carbocycles. The Kier molecular flexibility index (Phi) is 5.64. The summed E-state index contributed by atoms with van der Waals surface area (Å²) in [6.07, 6.45) is 5.83. The molecule has 5 heteroatoms. The summed E-state index contributed by atoms with van der Waals surface area (Å²) in [6, 6.07) is 6.81. The molecule has 1 aliphatic rings. The molecule has 1 aromatic rings. The van der Waals surface area contributed by atoms with Crippen LogP contribution in [0.4, 0.5) is 0 Å². The fraction of sp³-hybridized carbons (Fsp3) is 0.444. The number of methoxy groups -OCH3 is 1. The van der Waals surface area contributed by atoms with Gasteiger partial charge in [-0.25, -0.2) is 0 Å². The maximum Gasteiger partial charge on any atom is 0.262 e. The number of amides is 1. The third-order valence-corrected chi connectivity index (χ3v) is 4.31. The Morgan fingerprint density at radius 1 is 1.43 bits per heavy atom. The zero-order chi connectivity index (χ0) is 16.8. The Morgan fingerprint density at radius 3 is 2.78 bits per heavy atom. The van der Waals surface area contributed by atoms with Crippen LogP contribution in [-0.4, -0.2) is 24.2 Å². The van der Waals surface area contributed by atoms with Crippen LogP contribution in [0.3, 0.4) is 0 Å². The highest BCUT2D eigenvalue weighted by Gasteiger charge is 2.24. The van der Waals surface area contributed by atoms with Gasteiger partial charge in [-0.2, -0.15) is 5.26 Å². The van der Waals surface area contributed by atoms with E-state index in [4.69, 9.17) is 4.74 Å². The first-order chi connectivity index (χ1) is 11.0. The van der Waals surface area contributed by atoms with Gasteiger partial charge in [-0.3, -0.25) is 4.79 Å². The maximum atomic E-state index is 12.3. The van der Waals surface area contributed by atoms with Gasteiger partial charge in [-0.1, -0.05) is 25.8 Å². The average Bonchev–Trinajstić information content (AvgIpc) is 2.54. The molecule has 0 aliphatic heterocycles. The molecule has 1 fully saturated rings. The van der Waals surface area contributed by atoms with E-state index >= 15 is 0 Å². The van der Waals surface area contributed by atoms with Crippen molar-refractivity contribution in [1.29, 1.82) is 5.26 Å². The van der Waals surface area contributed by atoms with Gasteiger partial charge in [0.2, 0.25) is 0 Å². The number of hydrogen-bond donors (Lipinski definition) is 2. The second-order valence-corrected chi connectivity index (χ2v) is 5.94. The number of rotatable bonds is 4. The summed E-state index contributed by atoms with van der Waals surface area (Å²) < 4.78 is 4.98. The first-order valence-corrected chi connectivity index (χ1v) is 7.84. The van der Waals surface area contributed by atoms with Crippen LogP contribution in [0.15, 0.2) is 23.8 Å². The summed E-state index contributed by atoms with van der Waals surface area (Å²) in [7, 11) is 1.46. The molecular formula is C18H22N2O3. The summed E-state index contributed by atoms with van der Waals surface area (Å²) in [5, 5.41) is 22.0. The lowest BCUT2D eigenvalue weighted by atomic mass is 9.86. The van der Waals surface area contributed by atoms with E-state index in [2.05, 4.69) is 12.2 Å².